The number of hydrogen-bond acceptors (Lipinski definition) is 7. The van der Waals surface area contributed by atoms with Crippen LogP contribution in [0.4, 0.5) is 0 Å². The van der Waals surface area contributed by atoms with Crippen LogP contribution in [0.3, 0.4) is 0 Å². The van der Waals surface area contributed by atoms with Crippen LogP contribution in [-0.4, -0.2) is 47.0 Å². The SMILES string of the molecule is CCN(CC)C(=O)C1=C(C)N=C2SC=C(CC(=O)NCc3ccco3)N2C1c1ccc(OC)cc1. The number of benzene rings is 1. The highest BCUT2D eigenvalue weighted by Crippen LogP contribution is 2.45. The van der Waals surface area contributed by atoms with E-state index in [2.05, 4.69) is 5.32 Å². The molecule has 1 unspecified atom stereocenters. The monoisotopic (exact) mass is 494 g/mol. The summed E-state index contributed by atoms with van der Waals surface area (Å²) in [6, 6.07) is 10.9. The molecule has 1 atom stereocenters. The number of hydrogen-bond donors (Lipinski definition) is 1. The number of carbonyl (C=O) groups is 2. The van der Waals surface area contributed by atoms with E-state index < -0.39 is 6.04 Å². The van der Waals surface area contributed by atoms with Gasteiger partial charge in [0.05, 0.1) is 43.7 Å². The van der Waals surface area contributed by atoms with Gasteiger partial charge in [-0.3, -0.25) is 9.59 Å². The van der Waals surface area contributed by atoms with Crippen LogP contribution in [0.25, 0.3) is 0 Å². The van der Waals surface area contributed by atoms with E-state index in [0.717, 1.165) is 22.2 Å². The van der Waals surface area contributed by atoms with E-state index >= 15 is 0 Å². The second-order valence-electron chi connectivity index (χ2n) is 8.18. The molecule has 1 N–H and O–H groups in total. The van der Waals surface area contributed by atoms with E-state index in [1.807, 2.05) is 61.4 Å². The summed E-state index contributed by atoms with van der Waals surface area (Å²) in [6.45, 7) is 7.34. The van der Waals surface area contributed by atoms with Gasteiger partial charge in [-0.2, -0.15) is 0 Å². The third-order valence-electron chi connectivity index (χ3n) is 6.09. The summed E-state index contributed by atoms with van der Waals surface area (Å²) in [5, 5.41) is 5.61. The van der Waals surface area contributed by atoms with Gasteiger partial charge in [0, 0.05) is 18.8 Å². The Hall–Kier alpha value is -3.46. The molecule has 8 nitrogen and oxygen atoms in total. The maximum Gasteiger partial charge on any atom is 0.254 e. The van der Waals surface area contributed by atoms with E-state index in [1.165, 1.54) is 11.8 Å². The van der Waals surface area contributed by atoms with Crippen molar-refractivity contribution in [2.75, 3.05) is 20.2 Å². The van der Waals surface area contributed by atoms with Crippen LogP contribution in [0.5, 0.6) is 5.75 Å². The summed E-state index contributed by atoms with van der Waals surface area (Å²) in [7, 11) is 1.62. The maximum absolute atomic E-state index is 13.7. The number of thioether (sulfide) groups is 1. The van der Waals surface area contributed by atoms with Crippen LogP contribution in [0.2, 0.25) is 0 Å². The standard InChI is InChI=1S/C26H30N4O4S/c1-5-29(6-2)25(32)23-17(3)28-26-30(24(23)18-9-11-20(33-4)12-10-18)19(16-35-26)14-22(31)27-15-21-8-7-13-34-21/h7-13,16,24H,5-6,14-15H2,1-4H3,(H,27,31). The van der Waals surface area contributed by atoms with E-state index in [1.54, 1.807) is 24.3 Å². The highest BCUT2D eigenvalue weighted by Gasteiger charge is 2.41. The van der Waals surface area contributed by atoms with E-state index in [9.17, 15) is 9.59 Å². The lowest BCUT2D eigenvalue weighted by Gasteiger charge is -2.38. The summed E-state index contributed by atoms with van der Waals surface area (Å²) in [4.78, 5) is 35.0. The zero-order valence-corrected chi connectivity index (χ0v) is 21.2. The molecule has 0 spiro atoms. The van der Waals surface area contributed by atoms with Crippen LogP contribution in [0.1, 0.15) is 44.6 Å². The van der Waals surface area contributed by atoms with Gasteiger partial charge in [0.15, 0.2) is 5.17 Å². The summed E-state index contributed by atoms with van der Waals surface area (Å²) in [5.74, 6) is 1.25. The Morgan fingerprint density at radius 3 is 2.57 bits per heavy atom. The van der Waals surface area contributed by atoms with Gasteiger partial charge in [0.2, 0.25) is 5.91 Å². The molecule has 0 bridgehead atoms. The summed E-state index contributed by atoms with van der Waals surface area (Å²) in [6.07, 6.45) is 1.74. The molecule has 2 amide bonds. The zero-order valence-electron chi connectivity index (χ0n) is 20.4. The molecule has 0 saturated heterocycles. The first-order valence-corrected chi connectivity index (χ1v) is 12.5. The second kappa shape index (κ2) is 10.9. The molecule has 2 aliphatic heterocycles. The van der Waals surface area contributed by atoms with Crippen molar-refractivity contribution in [2.45, 2.75) is 39.8 Å². The van der Waals surface area contributed by atoms with Crippen LogP contribution < -0.4 is 10.1 Å². The van der Waals surface area contributed by atoms with Crippen molar-refractivity contribution >= 4 is 28.7 Å². The Bertz CT molecular complexity index is 1160. The Labute approximate surface area is 209 Å². The van der Waals surface area contributed by atoms with Gasteiger partial charge in [-0.25, -0.2) is 4.99 Å². The van der Waals surface area contributed by atoms with Crippen LogP contribution in [0, 0.1) is 0 Å². The van der Waals surface area contributed by atoms with Crippen LogP contribution in [0.15, 0.2) is 74.4 Å². The normalized spacial score (nSPS) is 17.0. The van der Waals surface area contributed by atoms with Crippen LogP contribution >= 0.6 is 11.8 Å². The lowest BCUT2D eigenvalue weighted by atomic mass is 9.92. The molecule has 2 aliphatic rings. The van der Waals surface area contributed by atoms with E-state index in [0.29, 0.717) is 36.7 Å². The van der Waals surface area contributed by atoms with Gasteiger partial charge in [0.1, 0.15) is 11.5 Å². The number of carbonyl (C=O) groups excluding carboxylic acids is 2. The summed E-state index contributed by atoms with van der Waals surface area (Å²) >= 11 is 1.47. The van der Waals surface area contributed by atoms with Crippen LogP contribution in [-0.2, 0) is 16.1 Å². The smallest absolute Gasteiger partial charge is 0.254 e. The number of nitrogens with zero attached hydrogens (tertiary/aromatic N) is 3. The highest BCUT2D eigenvalue weighted by atomic mass is 32.2. The molecule has 0 fully saturated rings. The average Bonchev–Trinajstić information content (AvgIpc) is 3.53. The fourth-order valence-electron chi connectivity index (χ4n) is 4.25. The molecule has 0 saturated carbocycles. The molecule has 1 aromatic carbocycles. The fourth-order valence-corrected chi connectivity index (χ4v) is 5.22. The molecule has 4 rings (SSSR count). The van der Waals surface area contributed by atoms with E-state index in [4.69, 9.17) is 14.1 Å². The van der Waals surface area contributed by atoms with Crippen molar-refractivity contribution in [1.82, 2.24) is 15.1 Å². The maximum atomic E-state index is 13.7. The third-order valence-corrected chi connectivity index (χ3v) is 6.98. The number of allylic oxidation sites excluding steroid dienone is 1. The molecule has 184 valence electrons. The topological polar surface area (TPSA) is 87.4 Å². The lowest BCUT2D eigenvalue weighted by molar-refractivity contribution is -0.127. The van der Waals surface area contributed by atoms with E-state index in [-0.39, 0.29) is 18.2 Å². The highest BCUT2D eigenvalue weighted by molar-refractivity contribution is 8.16. The zero-order chi connectivity index (χ0) is 24.9. The quantitative estimate of drug-likeness (QED) is 0.555. The molecular weight excluding hydrogens is 464 g/mol. The Morgan fingerprint density at radius 2 is 1.94 bits per heavy atom. The number of amides is 2. The number of ether oxygens (including phenoxy) is 1. The number of aliphatic imine (C=N–C) groups is 1. The summed E-state index contributed by atoms with van der Waals surface area (Å²) in [5.41, 5.74) is 3.03. The first kappa shape index (κ1) is 24.7. The van der Waals surface area contributed by atoms with Gasteiger partial charge in [-0.1, -0.05) is 23.9 Å². The number of rotatable bonds is 9. The predicted molar refractivity (Wildman–Crippen MR) is 136 cm³/mol. The molecule has 0 aliphatic carbocycles. The Morgan fingerprint density at radius 1 is 1.20 bits per heavy atom. The minimum absolute atomic E-state index is 0.0466. The molecule has 35 heavy (non-hydrogen) atoms. The molecule has 0 radical (unpaired) electrons. The molecule has 3 heterocycles. The molecule has 9 heteroatoms. The Kier molecular flexibility index (Phi) is 7.65. The second-order valence-corrected chi connectivity index (χ2v) is 9.01. The Balaban J connectivity index is 1.66. The largest absolute Gasteiger partial charge is 0.497 e. The van der Waals surface area contributed by atoms with Crippen molar-refractivity contribution in [1.29, 1.82) is 0 Å². The number of amidine groups is 1. The van der Waals surface area contributed by atoms with Crippen molar-refractivity contribution in [3.63, 3.8) is 0 Å². The summed E-state index contributed by atoms with van der Waals surface area (Å²) < 4.78 is 10.7. The van der Waals surface area contributed by atoms with Gasteiger partial charge >= 0.3 is 0 Å². The van der Waals surface area contributed by atoms with Crippen molar-refractivity contribution in [3.8, 4) is 5.75 Å². The van der Waals surface area contributed by atoms with Crippen molar-refractivity contribution < 1.29 is 18.7 Å². The number of furan rings is 1. The van der Waals surface area contributed by atoms with Gasteiger partial charge in [-0.15, -0.1) is 0 Å². The van der Waals surface area contributed by atoms with Crippen molar-refractivity contribution in [2.24, 2.45) is 4.99 Å². The number of fused-ring (bicyclic) bond motifs is 1. The third kappa shape index (κ3) is 5.14. The van der Waals surface area contributed by atoms with Gasteiger partial charge in [-0.05, 0) is 56.0 Å². The lowest BCUT2D eigenvalue weighted by Crippen LogP contribution is -2.42. The molecule has 2 aromatic rings. The first-order chi connectivity index (χ1) is 17.0. The minimum Gasteiger partial charge on any atom is -0.497 e. The fraction of sp³-hybridized carbons (Fsp3) is 0.346. The number of nitrogens with one attached hydrogen (secondary N) is 1. The van der Waals surface area contributed by atoms with Gasteiger partial charge < -0.3 is 24.3 Å². The molecule has 1 aromatic heterocycles. The number of likely N-dealkylation sites (N-methyl/N-ethyl adjacent to an activating group) is 1. The molecular formula is C26H30N4O4S. The predicted octanol–water partition coefficient (Wildman–Crippen LogP) is 4.44. The number of methoxy groups -OCH3 is 1. The van der Waals surface area contributed by atoms with Gasteiger partial charge in [0.25, 0.3) is 5.91 Å². The average molecular weight is 495 g/mol. The van der Waals surface area contributed by atoms with Crippen molar-refractivity contribution in [3.05, 3.63) is 76.4 Å². The first-order valence-electron chi connectivity index (χ1n) is 11.6. The minimum atomic E-state index is -0.402.